The average molecular weight is 929 g/mol. The van der Waals surface area contributed by atoms with Gasteiger partial charge in [-0.2, -0.15) is 5.10 Å². The molecule has 1 fully saturated rings. The molecular formula is C50H64N4O13. The van der Waals surface area contributed by atoms with Crippen LogP contribution in [0.3, 0.4) is 0 Å². The topological polar surface area (TPSA) is 229 Å². The van der Waals surface area contributed by atoms with E-state index in [9.17, 15) is 39.9 Å². The predicted molar refractivity (Wildman–Crippen MR) is 251 cm³/mol. The minimum Gasteiger partial charge on any atom is -0.507 e. The summed E-state index contributed by atoms with van der Waals surface area (Å²) in [5.74, 6) is -7.73. The number of carbonyl (C=O) groups excluding carboxylic acids is 3. The summed E-state index contributed by atoms with van der Waals surface area (Å²) < 4.78 is 29.1. The Morgan fingerprint density at radius 3 is 2.30 bits per heavy atom. The lowest BCUT2D eigenvalue weighted by molar-refractivity contribution is -0.160. The van der Waals surface area contributed by atoms with E-state index in [4.69, 9.17) is 23.7 Å². The number of carbonyl (C=O) groups is 3. The van der Waals surface area contributed by atoms with Gasteiger partial charge in [0.25, 0.3) is 11.7 Å². The summed E-state index contributed by atoms with van der Waals surface area (Å²) in [4.78, 5) is 43.2. The van der Waals surface area contributed by atoms with Gasteiger partial charge in [-0.1, -0.05) is 58.1 Å². The molecule has 6 N–H and O–H groups in total. The van der Waals surface area contributed by atoms with Crippen molar-refractivity contribution in [3.63, 3.8) is 0 Å². The summed E-state index contributed by atoms with van der Waals surface area (Å²) in [6.07, 6.45) is 4.82. The van der Waals surface area contributed by atoms with Gasteiger partial charge in [0.2, 0.25) is 0 Å². The lowest BCUT2D eigenvalue weighted by Crippen LogP contribution is -2.46. The minimum absolute atomic E-state index is 0.0461. The largest absolute Gasteiger partial charge is 0.507 e. The Bertz CT molecular complexity index is 2480. The molecule has 4 aliphatic rings. The summed E-state index contributed by atoms with van der Waals surface area (Å²) in [5, 5.41) is 67.6. The molecule has 17 nitrogen and oxygen atoms in total. The monoisotopic (exact) mass is 928 g/mol. The van der Waals surface area contributed by atoms with Gasteiger partial charge in [0.05, 0.1) is 60.1 Å². The maximum absolute atomic E-state index is 14.6. The number of hydrazone groups is 1. The van der Waals surface area contributed by atoms with E-state index < -0.39 is 88.8 Å². The number of aliphatic hydroxyl groups is 2. The van der Waals surface area contributed by atoms with Gasteiger partial charge in [-0.25, -0.2) is 0 Å². The zero-order valence-electron chi connectivity index (χ0n) is 39.8. The summed E-state index contributed by atoms with van der Waals surface area (Å²) in [5.41, 5.74) is 0.674. The predicted octanol–water partition coefficient (Wildman–Crippen LogP) is 5.91. The second-order valence-electron chi connectivity index (χ2n) is 17.9. The summed E-state index contributed by atoms with van der Waals surface area (Å²) in [7, 11) is 3.06. The highest BCUT2D eigenvalue weighted by atomic mass is 16.7. The van der Waals surface area contributed by atoms with Crippen molar-refractivity contribution in [2.45, 2.75) is 92.1 Å². The number of anilines is 1. The normalized spacial score (nSPS) is 27.8. The average Bonchev–Trinajstić information content (AvgIpc) is 3.57. The number of methoxy groups -OCH3 is 2. The number of phenols is 3. The van der Waals surface area contributed by atoms with Crippen LogP contribution < -0.4 is 14.8 Å². The fourth-order valence-corrected chi connectivity index (χ4v) is 9.05. The van der Waals surface area contributed by atoms with E-state index in [0.29, 0.717) is 32.7 Å². The van der Waals surface area contributed by atoms with Crippen LogP contribution >= 0.6 is 0 Å². The number of nitrogens with zero attached hydrogens (tertiary/aromatic N) is 3. The van der Waals surface area contributed by atoms with E-state index in [-0.39, 0.29) is 44.5 Å². The van der Waals surface area contributed by atoms with Crippen molar-refractivity contribution in [2.24, 2.45) is 28.8 Å². The number of benzene rings is 3. The third kappa shape index (κ3) is 10.4. The number of Topliss-reactive ketones (excluding diaryl/α,β-unsaturated/α-hetero) is 1. The number of ether oxygens (including phenoxy) is 5. The first kappa shape index (κ1) is 50.3. The molecule has 5 bridgehead atoms. The number of aliphatic hydroxyl groups excluding tert-OH is 2. The van der Waals surface area contributed by atoms with Crippen LogP contribution in [0, 0.1) is 30.6 Å². The Kier molecular flexibility index (Phi) is 15.6. The maximum Gasteiger partial charge on any atom is 0.312 e. The van der Waals surface area contributed by atoms with Crippen molar-refractivity contribution in [1.29, 1.82) is 0 Å². The number of hydrogen-bond donors (Lipinski definition) is 6. The number of nitrogens with one attached hydrogen (secondary N) is 1. The number of rotatable bonds is 7. The van der Waals surface area contributed by atoms with Crippen molar-refractivity contribution in [3.8, 4) is 28.7 Å². The Balaban J connectivity index is 1.44. The Morgan fingerprint density at radius 2 is 1.64 bits per heavy atom. The van der Waals surface area contributed by atoms with Crippen LogP contribution in [0.25, 0.3) is 10.8 Å². The van der Waals surface area contributed by atoms with E-state index in [1.807, 2.05) is 24.3 Å². The molecule has 0 radical (unpaired) electrons. The van der Waals surface area contributed by atoms with Gasteiger partial charge in [-0.15, -0.1) is 0 Å². The fourth-order valence-electron chi connectivity index (χ4n) is 9.05. The molecule has 0 aliphatic carbocycles. The fraction of sp³-hybridized carbons (Fsp3) is 0.480. The van der Waals surface area contributed by atoms with Crippen LogP contribution in [0.2, 0.25) is 0 Å². The highest BCUT2D eigenvalue weighted by Gasteiger charge is 2.50. The van der Waals surface area contributed by atoms with Crippen LogP contribution in [-0.4, -0.2) is 130 Å². The Morgan fingerprint density at radius 1 is 0.940 bits per heavy atom. The van der Waals surface area contributed by atoms with Gasteiger partial charge in [-0.05, 0) is 37.6 Å². The second kappa shape index (κ2) is 20.8. The van der Waals surface area contributed by atoms with Crippen molar-refractivity contribution >= 4 is 40.3 Å². The molecule has 0 spiro atoms. The van der Waals surface area contributed by atoms with E-state index in [0.717, 1.165) is 11.3 Å². The lowest BCUT2D eigenvalue weighted by Gasteiger charge is -2.38. The molecule has 3 aromatic rings. The highest BCUT2D eigenvalue weighted by Crippen LogP contribution is 2.55. The minimum atomic E-state index is -2.07. The van der Waals surface area contributed by atoms with Crippen LogP contribution in [-0.2, 0) is 30.3 Å². The van der Waals surface area contributed by atoms with Crippen molar-refractivity contribution in [2.75, 3.05) is 45.7 Å². The first-order chi connectivity index (χ1) is 31.7. The van der Waals surface area contributed by atoms with Gasteiger partial charge in [-0.3, -0.25) is 24.3 Å². The quantitative estimate of drug-likeness (QED) is 0.0700. The molecule has 7 rings (SSSR count). The van der Waals surface area contributed by atoms with E-state index in [1.165, 1.54) is 59.4 Å². The van der Waals surface area contributed by atoms with Gasteiger partial charge < -0.3 is 54.5 Å². The zero-order chi connectivity index (χ0) is 49.1. The summed E-state index contributed by atoms with van der Waals surface area (Å²) in [6, 6.07) is 7.85. The molecule has 0 unspecified atom stereocenters. The molecule has 1 amide bonds. The van der Waals surface area contributed by atoms with Gasteiger partial charge >= 0.3 is 11.8 Å². The molecule has 67 heavy (non-hydrogen) atoms. The molecule has 17 heteroatoms. The molecule has 3 aromatic carbocycles. The standard InChI is InChI=1S/C50H64N4O13/c1-26-13-11-14-27(2)49(62)52-40-35(24-51-54-20-18-53(19-21-54)25-33-15-12-16-34(23-33)63-9)44(59)37-38(45(40)60)43(58)31(6)47-39(37)48(61)50(8,67-47)65-22-17-36(64-10)28(3)46(66-32(7)55)30(5)42(57)29(4)41(26)56/h11-17,22-24,26,28-30,36,41-42,46,56-60H,18-21,25H2,1-10H3,(H,52,62)/t26-,28+,29-,30-,36+,41+,42-,46+,50+/m1/s1. The van der Waals surface area contributed by atoms with Gasteiger partial charge in [0.15, 0.2) is 5.75 Å². The number of fused-ring (bicyclic) bond motifs is 14. The summed E-state index contributed by atoms with van der Waals surface area (Å²) in [6.45, 7) is 15.5. The first-order valence-electron chi connectivity index (χ1n) is 22.4. The highest BCUT2D eigenvalue weighted by molar-refractivity contribution is 6.23. The molecule has 4 heterocycles. The first-order valence-corrected chi connectivity index (χ1v) is 22.4. The maximum atomic E-state index is 14.6. The van der Waals surface area contributed by atoms with Crippen LogP contribution in [0.5, 0.6) is 28.7 Å². The Hall–Kier alpha value is -6.14. The smallest absolute Gasteiger partial charge is 0.312 e. The van der Waals surface area contributed by atoms with Gasteiger partial charge in [0.1, 0.15) is 29.1 Å². The number of aromatic hydroxyl groups is 3. The van der Waals surface area contributed by atoms with Gasteiger partial charge in [0, 0.05) is 93.9 Å². The third-order valence-corrected chi connectivity index (χ3v) is 13.3. The molecule has 4 aliphatic heterocycles. The number of piperazine rings is 1. The SMILES string of the molecule is COc1cccc(CN2CCN(N=Cc3c4c(O)c5c(O)c(C)c6c(c5c3O)C(=O)[C@@](C)(OC=C[C@H](OC)[C@H](C)[C@H](OC(C)=O)[C@H](C)[C@H](O)[C@H](C)[C@@H](O)[C@H](C)C=CC=C(C)C(=O)N4)O6)CC2)c1. The molecule has 0 saturated carbocycles. The van der Waals surface area contributed by atoms with Crippen molar-refractivity contribution in [3.05, 3.63) is 82.7 Å². The number of esters is 1. The van der Waals surface area contributed by atoms with Crippen LogP contribution in [0.1, 0.15) is 75.5 Å². The summed E-state index contributed by atoms with van der Waals surface area (Å²) >= 11 is 0. The Labute approximate surface area is 390 Å². The van der Waals surface area contributed by atoms with E-state index in [1.54, 1.807) is 52.0 Å². The second-order valence-corrected chi connectivity index (χ2v) is 17.9. The zero-order valence-corrected chi connectivity index (χ0v) is 39.8. The van der Waals surface area contributed by atoms with Crippen molar-refractivity contribution in [1.82, 2.24) is 9.91 Å². The molecule has 362 valence electrons. The number of hydrogen-bond acceptors (Lipinski definition) is 16. The number of allylic oxidation sites excluding steroid dienone is 2. The number of amides is 1. The van der Waals surface area contributed by atoms with Crippen LogP contribution in [0.15, 0.2) is 65.5 Å². The number of ketones is 1. The van der Waals surface area contributed by atoms with Crippen LogP contribution in [0.4, 0.5) is 5.69 Å². The van der Waals surface area contributed by atoms with E-state index in [2.05, 4.69) is 15.3 Å². The molecular weight excluding hydrogens is 865 g/mol. The third-order valence-electron chi connectivity index (χ3n) is 13.3. The molecule has 0 aromatic heterocycles. The number of phenolic OH excluding ortho intramolecular Hbond substituents is 3. The lowest BCUT2D eigenvalue weighted by atomic mass is 9.78. The van der Waals surface area contributed by atoms with Crippen molar-refractivity contribution < 1.29 is 63.6 Å². The molecule has 1 saturated heterocycles. The molecule has 9 atom stereocenters. The van der Waals surface area contributed by atoms with E-state index >= 15 is 0 Å².